The first-order chi connectivity index (χ1) is 16.6. The molecule has 34 heavy (non-hydrogen) atoms. The highest BCUT2D eigenvalue weighted by Crippen LogP contribution is 2.28. The van der Waals surface area contributed by atoms with Crippen molar-refractivity contribution >= 4 is 46.4 Å². The third-order valence-electron chi connectivity index (χ3n) is 6.11. The number of pyridine rings is 1. The number of carbonyl (C=O) groups is 2. The number of piperazine rings is 1. The maximum atomic E-state index is 13.1. The zero-order valence-corrected chi connectivity index (χ0v) is 19.2. The topological polar surface area (TPSA) is 94.6 Å². The lowest BCUT2D eigenvalue weighted by Gasteiger charge is -2.36. The van der Waals surface area contributed by atoms with Gasteiger partial charge in [0.15, 0.2) is 11.6 Å². The van der Waals surface area contributed by atoms with Crippen LogP contribution in [0.4, 0.5) is 23.0 Å². The van der Waals surface area contributed by atoms with Crippen LogP contribution in [-0.4, -0.2) is 64.6 Å². The molecule has 2 aliphatic heterocycles. The van der Waals surface area contributed by atoms with Crippen LogP contribution in [0.15, 0.2) is 60.9 Å². The minimum absolute atomic E-state index is 0.0328. The molecule has 0 aliphatic carbocycles. The molecule has 5 rings (SSSR count). The van der Waals surface area contributed by atoms with Crippen LogP contribution in [0.3, 0.4) is 0 Å². The van der Waals surface area contributed by atoms with E-state index >= 15 is 0 Å². The Kier molecular flexibility index (Phi) is 6.27. The quantitative estimate of drug-likeness (QED) is 0.603. The molecule has 1 atom stereocenters. The summed E-state index contributed by atoms with van der Waals surface area (Å²) in [5, 5.41) is 12.4. The number of carbonyl (C=O) groups excluding carboxylic acids is 2. The summed E-state index contributed by atoms with van der Waals surface area (Å²) in [6.07, 6.45) is 3.67. The summed E-state index contributed by atoms with van der Waals surface area (Å²) in [7, 11) is 0. The molecule has 1 unspecified atom stereocenters. The number of aromatic nitrogens is 3. The highest BCUT2D eigenvalue weighted by molar-refractivity contribution is 6.30. The van der Waals surface area contributed by atoms with E-state index in [0.717, 1.165) is 17.2 Å². The summed E-state index contributed by atoms with van der Waals surface area (Å²) in [6.45, 7) is 2.90. The van der Waals surface area contributed by atoms with Crippen molar-refractivity contribution in [2.75, 3.05) is 47.8 Å². The molecule has 2 aromatic heterocycles. The van der Waals surface area contributed by atoms with Crippen LogP contribution in [0.1, 0.15) is 6.42 Å². The van der Waals surface area contributed by atoms with Crippen molar-refractivity contribution in [2.24, 2.45) is 5.92 Å². The Bertz CT molecular complexity index is 1150. The molecule has 2 aliphatic rings. The Hall–Kier alpha value is -3.72. The van der Waals surface area contributed by atoms with E-state index in [0.29, 0.717) is 43.6 Å². The number of rotatable bonds is 5. The molecule has 3 aromatic rings. The van der Waals surface area contributed by atoms with Gasteiger partial charge in [-0.2, -0.15) is 0 Å². The van der Waals surface area contributed by atoms with E-state index in [1.807, 2.05) is 41.3 Å². The highest BCUT2D eigenvalue weighted by Gasteiger charge is 2.38. The van der Waals surface area contributed by atoms with Crippen molar-refractivity contribution in [3.8, 4) is 0 Å². The SMILES string of the molecule is O=C(C1CC(=O)N(c2ccc(Cl)cc2)C1)N1CCN(c2ccc(Nc3cccnc3)nn2)CC1. The molecule has 1 N–H and O–H groups in total. The Morgan fingerprint density at radius 1 is 1.00 bits per heavy atom. The van der Waals surface area contributed by atoms with E-state index in [1.54, 1.807) is 29.4 Å². The summed E-state index contributed by atoms with van der Waals surface area (Å²) in [5.41, 5.74) is 1.62. The number of nitrogens with one attached hydrogen (secondary N) is 1. The molecule has 0 saturated carbocycles. The van der Waals surface area contributed by atoms with E-state index in [9.17, 15) is 9.59 Å². The molecule has 0 spiro atoms. The van der Waals surface area contributed by atoms with Crippen LogP contribution in [0, 0.1) is 5.92 Å². The van der Waals surface area contributed by atoms with Crippen LogP contribution >= 0.6 is 11.6 Å². The molecule has 4 heterocycles. The van der Waals surface area contributed by atoms with Gasteiger partial charge in [-0.25, -0.2) is 0 Å². The van der Waals surface area contributed by atoms with Crippen LogP contribution in [-0.2, 0) is 9.59 Å². The monoisotopic (exact) mass is 477 g/mol. The summed E-state index contributed by atoms with van der Waals surface area (Å²) in [4.78, 5) is 35.3. The maximum absolute atomic E-state index is 13.1. The van der Waals surface area contributed by atoms with Gasteiger partial charge in [-0.05, 0) is 48.5 Å². The lowest BCUT2D eigenvalue weighted by atomic mass is 10.1. The highest BCUT2D eigenvalue weighted by atomic mass is 35.5. The van der Waals surface area contributed by atoms with Gasteiger partial charge < -0.3 is 20.0 Å². The van der Waals surface area contributed by atoms with Gasteiger partial charge in [-0.15, -0.1) is 10.2 Å². The van der Waals surface area contributed by atoms with Crippen molar-refractivity contribution < 1.29 is 9.59 Å². The van der Waals surface area contributed by atoms with Gasteiger partial charge in [0.2, 0.25) is 11.8 Å². The second kappa shape index (κ2) is 9.64. The van der Waals surface area contributed by atoms with Crippen molar-refractivity contribution in [3.05, 3.63) is 65.9 Å². The molecule has 0 bridgehead atoms. The fourth-order valence-electron chi connectivity index (χ4n) is 4.30. The van der Waals surface area contributed by atoms with Crippen LogP contribution in [0.5, 0.6) is 0 Å². The second-order valence-electron chi connectivity index (χ2n) is 8.34. The van der Waals surface area contributed by atoms with E-state index in [2.05, 4.69) is 25.4 Å². The molecular formula is C24H24ClN7O2. The van der Waals surface area contributed by atoms with Crippen molar-refractivity contribution in [1.29, 1.82) is 0 Å². The van der Waals surface area contributed by atoms with E-state index in [4.69, 9.17) is 11.6 Å². The third-order valence-corrected chi connectivity index (χ3v) is 6.36. The Labute approximate surface area is 202 Å². The molecule has 9 nitrogen and oxygen atoms in total. The minimum atomic E-state index is -0.327. The predicted molar refractivity (Wildman–Crippen MR) is 130 cm³/mol. The molecule has 2 fully saturated rings. The first-order valence-electron chi connectivity index (χ1n) is 11.2. The fraction of sp³-hybridized carbons (Fsp3) is 0.292. The van der Waals surface area contributed by atoms with Gasteiger partial charge in [0.1, 0.15) is 0 Å². The Morgan fingerprint density at radius 2 is 1.79 bits per heavy atom. The van der Waals surface area contributed by atoms with E-state index < -0.39 is 0 Å². The summed E-state index contributed by atoms with van der Waals surface area (Å²) in [6, 6.07) is 14.7. The lowest BCUT2D eigenvalue weighted by molar-refractivity contribution is -0.136. The zero-order valence-electron chi connectivity index (χ0n) is 18.5. The minimum Gasteiger partial charge on any atom is -0.352 e. The molecule has 2 saturated heterocycles. The molecular weight excluding hydrogens is 454 g/mol. The van der Waals surface area contributed by atoms with Gasteiger partial charge in [0, 0.05) is 56.1 Å². The number of amides is 2. The van der Waals surface area contributed by atoms with Gasteiger partial charge >= 0.3 is 0 Å². The average molecular weight is 478 g/mol. The van der Waals surface area contributed by atoms with E-state index in [-0.39, 0.29) is 24.2 Å². The molecule has 1 aromatic carbocycles. The summed E-state index contributed by atoms with van der Waals surface area (Å²) >= 11 is 5.95. The van der Waals surface area contributed by atoms with Crippen molar-refractivity contribution in [1.82, 2.24) is 20.1 Å². The van der Waals surface area contributed by atoms with Crippen LogP contribution in [0.25, 0.3) is 0 Å². The number of benzene rings is 1. The summed E-state index contributed by atoms with van der Waals surface area (Å²) in [5.74, 6) is 1.09. The second-order valence-corrected chi connectivity index (χ2v) is 8.77. The summed E-state index contributed by atoms with van der Waals surface area (Å²) < 4.78 is 0. The van der Waals surface area contributed by atoms with Gasteiger partial charge in [0.05, 0.1) is 17.8 Å². The number of halogens is 1. The van der Waals surface area contributed by atoms with Crippen molar-refractivity contribution in [3.63, 3.8) is 0 Å². The lowest BCUT2D eigenvalue weighted by Crippen LogP contribution is -2.51. The maximum Gasteiger partial charge on any atom is 0.228 e. The third kappa shape index (κ3) is 4.79. The molecule has 174 valence electrons. The van der Waals surface area contributed by atoms with Crippen LogP contribution < -0.4 is 15.1 Å². The standard InChI is InChI=1S/C24H24ClN7O2/c25-18-3-5-20(6-4-18)32-16-17(14-23(32)33)24(34)31-12-10-30(11-13-31)22-8-7-21(28-29-22)27-19-2-1-9-26-15-19/h1-9,15,17H,10-14,16H2,(H,27,28). The van der Waals surface area contributed by atoms with Gasteiger partial charge in [-0.3, -0.25) is 14.6 Å². The smallest absolute Gasteiger partial charge is 0.228 e. The van der Waals surface area contributed by atoms with Gasteiger partial charge in [0.25, 0.3) is 0 Å². The molecule has 10 heteroatoms. The van der Waals surface area contributed by atoms with Crippen molar-refractivity contribution in [2.45, 2.75) is 6.42 Å². The fourth-order valence-corrected chi connectivity index (χ4v) is 4.43. The number of nitrogens with zero attached hydrogens (tertiary/aromatic N) is 6. The Morgan fingerprint density at radius 3 is 2.47 bits per heavy atom. The normalized spacial score (nSPS) is 18.3. The molecule has 2 amide bonds. The average Bonchev–Trinajstić information content (AvgIpc) is 3.27. The Balaban J connectivity index is 1.15. The zero-order chi connectivity index (χ0) is 23.5. The van der Waals surface area contributed by atoms with Crippen LogP contribution in [0.2, 0.25) is 5.02 Å². The number of anilines is 4. The first kappa shape index (κ1) is 22.1. The van der Waals surface area contributed by atoms with Gasteiger partial charge in [-0.1, -0.05) is 11.6 Å². The first-order valence-corrected chi connectivity index (χ1v) is 11.5. The van der Waals surface area contributed by atoms with E-state index in [1.165, 1.54) is 0 Å². The largest absolute Gasteiger partial charge is 0.352 e. The molecule has 0 radical (unpaired) electrons. The number of hydrogen-bond donors (Lipinski definition) is 1. The predicted octanol–water partition coefficient (Wildman–Crippen LogP) is 2.97. The number of hydrogen-bond acceptors (Lipinski definition) is 7.